The maximum atomic E-state index is 10.9. The number of non-ortho nitro benzene ring substituents is 1. The van der Waals surface area contributed by atoms with Crippen LogP contribution in [0.1, 0.15) is 5.56 Å². The molecule has 1 unspecified atom stereocenters. The highest BCUT2D eigenvalue weighted by Gasteiger charge is 2.17. The van der Waals surface area contributed by atoms with Crippen LogP contribution in [0.15, 0.2) is 18.2 Å². The number of benzene rings is 1. The number of nitrogens with one attached hydrogen (secondary N) is 1. The van der Waals surface area contributed by atoms with Crippen LogP contribution in [0, 0.1) is 10.1 Å². The molecule has 2 rings (SSSR count). The van der Waals surface area contributed by atoms with Crippen molar-refractivity contribution in [3.05, 3.63) is 33.9 Å². The zero-order chi connectivity index (χ0) is 15.2. The van der Waals surface area contributed by atoms with Crippen LogP contribution in [0.3, 0.4) is 0 Å². The molecule has 21 heavy (non-hydrogen) atoms. The molecule has 1 fully saturated rings. The molecule has 0 radical (unpaired) electrons. The Bertz CT molecular complexity index is 489. The molecule has 1 N–H and O–H groups in total. The molecule has 0 bridgehead atoms. The first-order chi connectivity index (χ1) is 10.1. The lowest BCUT2D eigenvalue weighted by Gasteiger charge is -2.28. The summed E-state index contributed by atoms with van der Waals surface area (Å²) in [5.41, 5.74) is 0.903. The van der Waals surface area contributed by atoms with Gasteiger partial charge in [0.15, 0.2) is 0 Å². The lowest BCUT2D eigenvalue weighted by Crippen LogP contribution is -2.44. The molecule has 1 aromatic carbocycles. The summed E-state index contributed by atoms with van der Waals surface area (Å²) in [6.45, 7) is 3.84. The number of methoxy groups -OCH3 is 1. The van der Waals surface area contributed by atoms with Gasteiger partial charge in [-0.15, -0.1) is 0 Å². The fourth-order valence-electron chi connectivity index (χ4n) is 2.42. The monoisotopic (exact) mass is 295 g/mol. The molecule has 116 valence electrons. The maximum Gasteiger partial charge on any atom is 0.273 e. The van der Waals surface area contributed by atoms with Crippen molar-refractivity contribution in [2.24, 2.45) is 0 Å². The first-order valence-electron chi connectivity index (χ1n) is 6.91. The summed E-state index contributed by atoms with van der Waals surface area (Å²) >= 11 is 0. The third-order valence-corrected chi connectivity index (χ3v) is 3.37. The summed E-state index contributed by atoms with van der Waals surface area (Å²) in [7, 11) is 3.48. The van der Waals surface area contributed by atoms with Gasteiger partial charge in [-0.05, 0) is 18.7 Å². The van der Waals surface area contributed by atoms with Crippen molar-refractivity contribution >= 4 is 5.69 Å². The Morgan fingerprint density at radius 2 is 2.33 bits per heavy atom. The molecule has 1 atom stereocenters. The molecular weight excluding hydrogens is 274 g/mol. The van der Waals surface area contributed by atoms with Gasteiger partial charge in [0.2, 0.25) is 0 Å². The van der Waals surface area contributed by atoms with Gasteiger partial charge in [-0.3, -0.25) is 15.0 Å². The number of nitro groups is 1. The van der Waals surface area contributed by atoms with Crippen molar-refractivity contribution in [3.63, 3.8) is 0 Å². The lowest BCUT2D eigenvalue weighted by molar-refractivity contribution is -0.385. The molecule has 1 aliphatic heterocycles. The molecule has 0 spiro atoms. The summed E-state index contributed by atoms with van der Waals surface area (Å²) in [5.74, 6) is 0.503. The predicted molar refractivity (Wildman–Crippen MR) is 78.6 cm³/mol. The highest BCUT2D eigenvalue weighted by atomic mass is 16.6. The van der Waals surface area contributed by atoms with Gasteiger partial charge in [-0.25, -0.2) is 0 Å². The van der Waals surface area contributed by atoms with Gasteiger partial charge in [0.25, 0.3) is 5.69 Å². The molecule has 7 heteroatoms. The second-order valence-electron chi connectivity index (χ2n) is 5.19. The van der Waals surface area contributed by atoms with E-state index in [-0.39, 0.29) is 11.8 Å². The van der Waals surface area contributed by atoms with Crippen LogP contribution in [0.2, 0.25) is 0 Å². The van der Waals surface area contributed by atoms with Crippen molar-refractivity contribution < 1.29 is 14.4 Å². The average molecular weight is 295 g/mol. The van der Waals surface area contributed by atoms with Crippen LogP contribution in [0.4, 0.5) is 5.69 Å². The second-order valence-corrected chi connectivity index (χ2v) is 5.19. The molecule has 0 saturated carbocycles. The Labute approximate surface area is 124 Å². The van der Waals surface area contributed by atoms with E-state index in [9.17, 15) is 10.1 Å². The minimum atomic E-state index is -0.403. The molecule has 1 aromatic rings. The third-order valence-electron chi connectivity index (χ3n) is 3.37. The smallest absolute Gasteiger partial charge is 0.273 e. The van der Waals surface area contributed by atoms with Crippen molar-refractivity contribution in [3.8, 4) is 5.75 Å². The molecular formula is C14H21N3O4. The number of likely N-dealkylation sites (N-methyl/N-ethyl adjacent to an activating group) is 1. The minimum absolute atomic E-state index is 0.0494. The van der Waals surface area contributed by atoms with E-state index in [4.69, 9.17) is 9.47 Å². The van der Waals surface area contributed by atoms with Gasteiger partial charge in [0, 0.05) is 32.2 Å². The van der Waals surface area contributed by atoms with Gasteiger partial charge in [-0.2, -0.15) is 0 Å². The number of nitrogens with zero attached hydrogens (tertiary/aromatic N) is 2. The normalized spacial score (nSPS) is 18.7. The summed E-state index contributed by atoms with van der Waals surface area (Å²) in [6.07, 6.45) is 0.157. The molecule has 1 heterocycles. The third kappa shape index (κ3) is 4.66. The number of rotatable bonds is 6. The average Bonchev–Trinajstić information content (AvgIpc) is 2.47. The summed E-state index contributed by atoms with van der Waals surface area (Å²) in [6, 6.07) is 4.83. The molecule has 0 amide bonds. The van der Waals surface area contributed by atoms with Crippen LogP contribution in [-0.4, -0.2) is 56.3 Å². The van der Waals surface area contributed by atoms with E-state index in [1.54, 1.807) is 6.07 Å². The van der Waals surface area contributed by atoms with Crippen LogP contribution in [-0.2, 0) is 11.3 Å². The summed E-state index contributed by atoms with van der Waals surface area (Å²) in [5, 5.41) is 14.2. The zero-order valence-electron chi connectivity index (χ0n) is 12.4. The van der Waals surface area contributed by atoms with Crippen LogP contribution < -0.4 is 10.1 Å². The summed E-state index contributed by atoms with van der Waals surface area (Å²) in [4.78, 5) is 12.6. The highest BCUT2D eigenvalue weighted by Crippen LogP contribution is 2.23. The van der Waals surface area contributed by atoms with Gasteiger partial charge in [0.05, 0.1) is 30.8 Å². The van der Waals surface area contributed by atoms with Crippen molar-refractivity contribution in [1.82, 2.24) is 10.2 Å². The fourth-order valence-corrected chi connectivity index (χ4v) is 2.42. The molecule has 1 aliphatic rings. The van der Waals surface area contributed by atoms with E-state index < -0.39 is 4.92 Å². The Morgan fingerprint density at radius 3 is 2.95 bits per heavy atom. The van der Waals surface area contributed by atoms with Crippen molar-refractivity contribution in [2.75, 3.05) is 40.4 Å². The zero-order valence-corrected chi connectivity index (χ0v) is 12.4. The number of nitro benzene ring substituents is 1. The van der Waals surface area contributed by atoms with Crippen molar-refractivity contribution in [2.45, 2.75) is 12.6 Å². The minimum Gasteiger partial charge on any atom is -0.496 e. The lowest BCUT2D eigenvalue weighted by atomic mass is 10.1. The van der Waals surface area contributed by atoms with Crippen molar-refractivity contribution in [1.29, 1.82) is 0 Å². The number of hydrogen-bond donors (Lipinski definition) is 1. The molecule has 0 aromatic heterocycles. The fraction of sp³-hybridized carbons (Fsp3) is 0.571. The molecule has 0 aliphatic carbocycles. The van der Waals surface area contributed by atoms with E-state index in [1.807, 2.05) is 13.1 Å². The quantitative estimate of drug-likeness (QED) is 0.624. The Kier molecular flexibility index (Phi) is 5.49. The topological polar surface area (TPSA) is 76.9 Å². The largest absolute Gasteiger partial charge is 0.496 e. The standard InChI is InChI=1S/C14H21N3O4/c1-16(10-14-8-15-3-4-21-14)9-11-5-12(17(18)19)7-13(6-11)20-2/h5-7,14-15H,3-4,8-10H2,1-2H3. The predicted octanol–water partition coefficient (Wildman–Crippen LogP) is 1.02. The molecule has 7 nitrogen and oxygen atoms in total. The highest BCUT2D eigenvalue weighted by molar-refractivity contribution is 5.42. The van der Waals surface area contributed by atoms with E-state index in [0.29, 0.717) is 12.3 Å². The summed E-state index contributed by atoms with van der Waals surface area (Å²) < 4.78 is 10.8. The first-order valence-corrected chi connectivity index (χ1v) is 6.91. The van der Waals surface area contributed by atoms with Gasteiger partial charge in [0.1, 0.15) is 5.75 Å². The van der Waals surface area contributed by atoms with Crippen LogP contribution in [0.25, 0.3) is 0 Å². The molecule has 1 saturated heterocycles. The number of ether oxygens (including phenoxy) is 2. The van der Waals surface area contributed by atoms with Gasteiger partial charge in [-0.1, -0.05) is 0 Å². The van der Waals surface area contributed by atoms with Crippen LogP contribution >= 0.6 is 0 Å². The van der Waals surface area contributed by atoms with Gasteiger partial charge >= 0.3 is 0 Å². The SMILES string of the molecule is COc1cc(CN(C)CC2CNCCO2)cc([N+](=O)[O-])c1. The Morgan fingerprint density at radius 1 is 1.52 bits per heavy atom. The second kappa shape index (κ2) is 7.35. The van der Waals surface area contributed by atoms with Crippen LogP contribution in [0.5, 0.6) is 5.75 Å². The maximum absolute atomic E-state index is 10.9. The Hall–Kier alpha value is -1.70. The van der Waals surface area contributed by atoms with Gasteiger partial charge < -0.3 is 14.8 Å². The number of morpholine rings is 1. The van der Waals surface area contributed by atoms with E-state index in [2.05, 4.69) is 10.2 Å². The Balaban J connectivity index is 2.00. The van der Waals surface area contributed by atoms with E-state index in [1.165, 1.54) is 13.2 Å². The first kappa shape index (κ1) is 15.7. The van der Waals surface area contributed by atoms with E-state index >= 15 is 0 Å². The van der Waals surface area contributed by atoms with E-state index in [0.717, 1.165) is 31.8 Å². The number of hydrogen-bond acceptors (Lipinski definition) is 6.